The van der Waals surface area contributed by atoms with Gasteiger partial charge in [-0.05, 0) is 12.5 Å². The smallest absolute Gasteiger partial charge is 0.170 e. The quantitative estimate of drug-likeness (QED) is 0.283. The van der Waals surface area contributed by atoms with Crippen molar-refractivity contribution in [1.29, 1.82) is 0 Å². The Morgan fingerprint density at radius 3 is 2.71 bits per heavy atom. The number of rotatable bonds is 2. The van der Waals surface area contributed by atoms with Crippen molar-refractivity contribution in [2.45, 2.75) is 13.5 Å². The van der Waals surface area contributed by atoms with Crippen LogP contribution < -0.4 is 5.73 Å². The highest BCUT2D eigenvalue weighted by molar-refractivity contribution is 5.98. The minimum Gasteiger partial charge on any atom is -0.409 e. The van der Waals surface area contributed by atoms with Crippen LogP contribution in [0, 0.1) is 12.7 Å². The Labute approximate surface area is 80.5 Å². The number of nitrogens with zero attached hydrogens (tertiary/aromatic N) is 1. The first-order valence-corrected chi connectivity index (χ1v) is 3.98. The Balaban J connectivity index is 3.31. The maximum absolute atomic E-state index is 13.4. The summed E-state index contributed by atoms with van der Waals surface area (Å²) >= 11 is 0. The predicted octanol–water partition coefficient (Wildman–Crippen LogP) is 0.721. The lowest BCUT2D eigenvalue weighted by molar-refractivity contribution is 0.275. The summed E-state index contributed by atoms with van der Waals surface area (Å²) in [5.41, 5.74) is 6.10. The van der Waals surface area contributed by atoms with Gasteiger partial charge >= 0.3 is 0 Å². The number of hydrogen-bond acceptors (Lipinski definition) is 3. The molecular formula is C9H11FN2O2. The lowest BCUT2D eigenvalue weighted by Crippen LogP contribution is -2.16. The zero-order chi connectivity index (χ0) is 10.7. The molecule has 0 aromatic heterocycles. The molecule has 0 aliphatic rings. The van der Waals surface area contributed by atoms with Gasteiger partial charge in [-0.2, -0.15) is 0 Å². The molecule has 1 aromatic rings. The molecule has 0 bridgehead atoms. The Hall–Kier alpha value is -1.62. The fraction of sp³-hybridized carbons (Fsp3) is 0.222. The summed E-state index contributed by atoms with van der Waals surface area (Å²) in [5.74, 6) is -0.678. The molecule has 0 saturated carbocycles. The SMILES string of the molecule is Cc1c(/C(N)=N/O)ccc(CO)c1F. The Morgan fingerprint density at radius 1 is 1.57 bits per heavy atom. The van der Waals surface area contributed by atoms with Crippen molar-refractivity contribution in [2.75, 3.05) is 0 Å². The number of aliphatic hydroxyl groups is 1. The number of halogens is 1. The number of benzene rings is 1. The van der Waals surface area contributed by atoms with Crippen LogP contribution >= 0.6 is 0 Å². The van der Waals surface area contributed by atoms with Gasteiger partial charge in [0.25, 0.3) is 0 Å². The minimum atomic E-state index is -0.531. The summed E-state index contributed by atoms with van der Waals surface area (Å²) in [6.07, 6.45) is 0. The first-order chi connectivity index (χ1) is 6.61. The number of nitrogens with two attached hydrogens (primary N) is 1. The standard InChI is InChI=1S/C9H11FN2O2/c1-5-7(9(11)12-14)3-2-6(4-13)8(5)10/h2-3,13-14H,4H2,1H3,(H2,11,12). The molecule has 4 N–H and O–H groups in total. The van der Waals surface area contributed by atoms with E-state index in [9.17, 15) is 4.39 Å². The molecule has 0 aliphatic carbocycles. The van der Waals surface area contributed by atoms with E-state index in [1.807, 2.05) is 0 Å². The number of oxime groups is 1. The van der Waals surface area contributed by atoms with Crippen LogP contribution in [0.2, 0.25) is 0 Å². The summed E-state index contributed by atoms with van der Waals surface area (Å²) < 4.78 is 13.4. The number of aliphatic hydroxyl groups excluding tert-OH is 1. The van der Waals surface area contributed by atoms with Gasteiger partial charge in [0.1, 0.15) is 5.82 Å². The highest BCUT2D eigenvalue weighted by atomic mass is 19.1. The van der Waals surface area contributed by atoms with Gasteiger partial charge in [0.2, 0.25) is 0 Å². The molecule has 0 aliphatic heterocycles. The number of hydrogen-bond donors (Lipinski definition) is 3. The van der Waals surface area contributed by atoms with Gasteiger partial charge in [0.05, 0.1) is 6.61 Å². The third-order valence-electron chi connectivity index (χ3n) is 2.02. The van der Waals surface area contributed by atoms with E-state index in [2.05, 4.69) is 5.16 Å². The van der Waals surface area contributed by atoms with Crippen LogP contribution in [0.5, 0.6) is 0 Å². The van der Waals surface area contributed by atoms with E-state index in [4.69, 9.17) is 16.0 Å². The number of amidine groups is 1. The minimum absolute atomic E-state index is 0.147. The summed E-state index contributed by atoms with van der Waals surface area (Å²) in [6.45, 7) is 1.13. The van der Waals surface area contributed by atoms with E-state index in [1.165, 1.54) is 19.1 Å². The molecule has 14 heavy (non-hydrogen) atoms. The Bertz CT molecular complexity index is 377. The summed E-state index contributed by atoms with van der Waals surface area (Å²) in [7, 11) is 0. The van der Waals surface area contributed by atoms with Crippen molar-refractivity contribution < 1.29 is 14.7 Å². The average molecular weight is 198 g/mol. The zero-order valence-electron chi connectivity index (χ0n) is 7.66. The summed E-state index contributed by atoms with van der Waals surface area (Å²) in [4.78, 5) is 0. The summed E-state index contributed by atoms with van der Waals surface area (Å²) in [6, 6.07) is 2.90. The van der Waals surface area contributed by atoms with Gasteiger partial charge < -0.3 is 16.0 Å². The second kappa shape index (κ2) is 4.06. The first kappa shape index (κ1) is 10.5. The lowest BCUT2D eigenvalue weighted by atomic mass is 10.0. The highest BCUT2D eigenvalue weighted by Crippen LogP contribution is 2.16. The maximum Gasteiger partial charge on any atom is 0.170 e. The van der Waals surface area contributed by atoms with Gasteiger partial charge in [0.15, 0.2) is 5.84 Å². The van der Waals surface area contributed by atoms with E-state index < -0.39 is 5.82 Å². The van der Waals surface area contributed by atoms with Crippen LogP contribution in [0.3, 0.4) is 0 Å². The van der Waals surface area contributed by atoms with Crippen LogP contribution in [-0.2, 0) is 6.61 Å². The molecule has 0 fully saturated rings. The molecule has 4 nitrogen and oxygen atoms in total. The average Bonchev–Trinajstić information content (AvgIpc) is 2.21. The van der Waals surface area contributed by atoms with Crippen LogP contribution in [0.1, 0.15) is 16.7 Å². The second-order valence-corrected chi connectivity index (χ2v) is 2.85. The molecule has 1 aromatic carbocycles. The molecule has 5 heteroatoms. The molecule has 0 saturated heterocycles. The van der Waals surface area contributed by atoms with Crippen LogP contribution in [0.4, 0.5) is 4.39 Å². The fourth-order valence-corrected chi connectivity index (χ4v) is 1.19. The maximum atomic E-state index is 13.4. The molecule has 1 rings (SSSR count). The third-order valence-corrected chi connectivity index (χ3v) is 2.02. The van der Waals surface area contributed by atoms with Gasteiger partial charge in [-0.3, -0.25) is 0 Å². The van der Waals surface area contributed by atoms with Gasteiger partial charge in [-0.15, -0.1) is 0 Å². The second-order valence-electron chi connectivity index (χ2n) is 2.85. The zero-order valence-corrected chi connectivity index (χ0v) is 7.66. The van der Waals surface area contributed by atoms with Crippen molar-refractivity contribution in [2.24, 2.45) is 10.9 Å². The van der Waals surface area contributed by atoms with E-state index in [1.54, 1.807) is 0 Å². The third kappa shape index (κ3) is 1.67. The molecule has 0 amide bonds. The molecule has 76 valence electrons. The molecule has 0 unspecified atom stereocenters. The molecular weight excluding hydrogens is 187 g/mol. The van der Waals surface area contributed by atoms with Crippen molar-refractivity contribution in [3.63, 3.8) is 0 Å². The van der Waals surface area contributed by atoms with Crippen molar-refractivity contribution in [3.05, 3.63) is 34.6 Å². The first-order valence-electron chi connectivity index (χ1n) is 3.98. The van der Waals surface area contributed by atoms with Gasteiger partial charge in [-0.25, -0.2) is 4.39 Å². The van der Waals surface area contributed by atoms with Gasteiger partial charge in [0, 0.05) is 11.1 Å². The normalized spacial score (nSPS) is 11.8. The van der Waals surface area contributed by atoms with Crippen molar-refractivity contribution in [1.82, 2.24) is 0 Å². The molecule has 0 heterocycles. The molecule has 0 spiro atoms. The predicted molar refractivity (Wildman–Crippen MR) is 49.6 cm³/mol. The van der Waals surface area contributed by atoms with Crippen LogP contribution in [-0.4, -0.2) is 16.1 Å². The van der Waals surface area contributed by atoms with Crippen molar-refractivity contribution >= 4 is 5.84 Å². The van der Waals surface area contributed by atoms with Crippen LogP contribution in [0.15, 0.2) is 17.3 Å². The lowest BCUT2D eigenvalue weighted by Gasteiger charge is -2.07. The van der Waals surface area contributed by atoms with Crippen LogP contribution in [0.25, 0.3) is 0 Å². The van der Waals surface area contributed by atoms with E-state index in [0.29, 0.717) is 5.56 Å². The largest absolute Gasteiger partial charge is 0.409 e. The van der Waals surface area contributed by atoms with E-state index in [0.717, 1.165) is 0 Å². The summed E-state index contributed by atoms with van der Waals surface area (Å²) in [5, 5.41) is 20.0. The van der Waals surface area contributed by atoms with Crippen molar-refractivity contribution in [3.8, 4) is 0 Å². The topological polar surface area (TPSA) is 78.8 Å². The van der Waals surface area contributed by atoms with E-state index >= 15 is 0 Å². The molecule has 0 atom stereocenters. The highest BCUT2D eigenvalue weighted by Gasteiger charge is 2.11. The Morgan fingerprint density at radius 2 is 2.21 bits per heavy atom. The van der Waals surface area contributed by atoms with Gasteiger partial charge in [-0.1, -0.05) is 17.3 Å². The molecule has 0 radical (unpaired) electrons. The monoisotopic (exact) mass is 198 g/mol. The fourth-order valence-electron chi connectivity index (χ4n) is 1.19. The van der Waals surface area contributed by atoms with E-state index in [-0.39, 0.29) is 23.6 Å². The Kier molecular flexibility index (Phi) is 3.03.